The molecule has 1 aliphatic heterocycles. The van der Waals surface area contributed by atoms with Gasteiger partial charge in [-0.3, -0.25) is 0 Å². The van der Waals surface area contributed by atoms with Crippen molar-refractivity contribution < 1.29 is 14.6 Å². The number of aliphatic hydroxyl groups excluding tert-OH is 1. The van der Waals surface area contributed by atoms with E-state index in [-0.39, 0.29) is 11.9 Å². The molecule has 27 heavy (non-hydrogen) atoms. The number of nitrogens with one attached hydrogen (secondary N) is 2. The maximum absolute atomic E-state index is 10.2. The summed E-state index contributed by atoms with van der Waals surface area (Å²) < 4.78 is 5.71. The molecule has 2 atom stereocenters. The van der Waals surface area contributed by atoms with Crippen LogP contribution in [0, 0.1) is 12.8 Å². The molecule has 142 valence electrons. The Kier molecular flexibility index (Phi) is 4.90. The predicted molar refractivity (Wildman–Crippen MR) is 104 cm³/mol. The van der Waals surface area contributed by atoms with Crippen LogP contribution in [0.1, 0.15) is 12.0 Å². The molecule has 1 aromatic carbocycles. The lowest BCUT2D eigenvalue weighted by Gasteiger charge is -2.26. The number of pyridine rings is 1. The molecule has 1 fully saturated rings. The molecule has 0 aliphatic carbocycles. The van der Waals surface area contributed by atoms with Gasteiger partial charge in [0.15, 0.2) is 5.58 Å². The van der Waals surface area contributed by atoms with Gasteiger partial charge in [-0.1, -0.05) is 11.6 Å². The first kappa shape index (κ1) is 18.0. The number of anilines is 1. The first-order valence-corrected chi connectivity index (χ1v) is 9.27. The predicted octanol–water partition coefficient (Wildman–Crippen LogP) is 2.94. The number of phenols is 1. The lowest BCUT2D eigenvalue weighted by molar-refractivity contribution is 0.117. The summed E-state index contributed by atoms with van der Waals surface area (Å²) in [5.41, 5.74) is 3.09. The Hall–Kier alpha value is -2.35. The van der Waals surface area contributed by atoms with Crippen LogP contribution in [0.15, 0.2) is 28.7 Å². The third kappa shape index (κ3) is 3.85. The number of hydrogen-bond acceptors (Lipinski definition) is 7. The quantitative estimate of drug-likeness (QED) is 0.544. The molecular formula is C19H21ClN4O3. The third-order valence-corrected chi connectivity index (χ3v) is 4.97. The summed E-state index contributed by atoms with van der Waals surface area (Å²) in [6.45, 7) is 4.01. The largest absolute Gasteiger partial charge is 0.507 e. The number of aromatic hydroxyl groups is 1. The van der Waals surface area contributed by atoms with Crippen LogP contribution in [0.2, 0.25) is 5.02 Å². The highest BCUT2D eigenvalue weighted by Crippen LogP contribution is 2.35. The first-order valence-electron chi connectivity index (χ1n) is 8.89. The molecule has 0 spiro atoms. The Morgan fingerprint density at radius 3 is 2.93 bits per heavy atom. The van der Waals surface area contributed by atoms with Gasteiger partial charge in [0.25, 0.3) is 6.01 Å². The van der Waals surface area contributed by atoms with Crippen LogP contribution in [0.3, 0.4) is 0 Å². The van der Waals surface area contributed by atoms with Crippen molar-refractivity contribution in [1.29, 1.82) is 0 Å². The van der Waals surface area contributed by atoms with Gasteiger partial charge in [-0.25, -0.2) is 4.98 Å². The van der Waals surface area contributed by atoms with E-state index in [1.165, 1.54) is 6.07 Å². The molecular weight excluding hydrogens is 368 g/mol. The number of aliphatic hydroxyl groups is 1. The number of aromatic nitrogens is 2. The minimum absolute atomic E-state index is 0.0806. The Morgan fingerprint density at radius 1 is 1.30 bits per heavy atom. The summed E-state index contributed by atoms with van der Waals surface area (Å²) in [7, 11) is 0. The van der Waals surface area contributed by atoms with E-state index in [2.05, 4.69) is 20.6 Å². The Morgan fingerprint density at radius 2 is 2.15 bits per heavy atom. The lowest BCUT2D eigenvalue weighted by atomic mass is 9.98. The monoisotopic (exact) mass is 388 g/mol. The molecule has 7 nitrogen and oxygen atoms in total. The fourth-order valence-corrected chi connectivity index (χ4v) is 3.75. The van der Waals surface area contributed by atoms with Crippen molar-refractivity contribution in [3.05, 3.63) is 34.9 Å². The number of halogens is 1. The summed E-state index contributed by atoms with van der Waals surface area (Å²) in [5.74, 6) is 0.387. The Balaban J connectivity index is 1.55. The van der Waals surface area contributed by atoms with Crippen molar-refractivity contribution >= 4 is 28.8 Å². The zero-order valence-electron chi connectivity index (χ0n) is 14.9. The molecule has 2 aromatic heterocycles. The van der Waals surface area contributed by atoms with E-state index in [4.69, 9.17) is 16.0 Å². The van der Waals surface area contributed by atoms with E-state index in [0.29, 0.717) is 52.5 Å². The van der Waals surface area contributed by atoms with E-state index in [0.717, 1.165) is 18.5 Å². The van der Waals surface area contributed by atoms with Crippen molar-refractivity contribution in [3.63, 3.8) is 0 Å². The van der Waals surface area contributed by atoms with Crippen LogP contribution in [-0.2, 0) is 0 Å². The van der Waals surface area contributed by atoms with E-state index in [1.54, 1.807) is 18.2 Å². The number of aryl methyl sites for hydroxylation is 1. The number of β-amino-alcohol motifs (C(OH)–C–C–N with tert-alkyl or cyclic N) is 1. The highest BCUT2D eigenvalue weighted by atomic mass is 35.5. The lowest BCUT2D eigenvalue weighted by Crippen LogP contribution is -2.41. The summed E-state index contributed by atoms with van der Waals surface area (Å²) in [4.78, 5) is 8.92. The average molecular weight is 389 g/mol. The zero-order chi connectivity index (χ0) is 19.0. The molecule has 4 N–H and O–H groups in total. The van der Waals surface area contributed by atoms with E-state index in [1.807, 2.05) is 6.92 Å². The number of hydrogen-bond donors (Lipinski definition) is 4. The van der Waals surface area contributed by atoms with Gasteiger partial charge in [0.05, 0.1) is 11.8 Å². The van der Waals surface area contributed by atoms with Crippen LogP contribution in [-0.4, -0.2) is 45.9 Å². The van der Waals surface area contributed by atoms with Crippen molar-refractivity contribution in [2.75, 3.05) is 25.0 Å². The Labute approximate surface area is 161 Å². The van der Waals surface area contributed by atoms with Crippen LogP contribution in [0.5, 0.6) is 5.75 Å². The van der Waals surface area contributed by atoms with Gasteiger partial charge in [0.1, 0.15) is 5.75 Å². The molecule has 3 aromatic rings. The maximum Gasteiger partial charge on any atom is 0.297 e. The van der Waals surface area contributed by atoms with Gasteiger partial charge in [-0.05, 0) is 55.6 Å². The summed E-state index contributed by atoms with van der Waals surface area (Å²) in [6.07, 6.45) is 0.436. The number of benzene rings is 1. The standard InChI is InChI=1S/C19H21ClN4O3/c1-10-4-12(20)6-15(26)17(10)14-2-3-16-18(23-14)24-19(27-16)22-8-11-5-13(25)9-21-7-11/h2-4,6,11,13,21,25-26H,5,7-9H2,1H3,(H,22,23,24)/t11-,13+/m1/s1. The fourth-order valence-electron chi connectivity index (χ4n) is 3.48. The number of fused-ring (bicyclic) bond motifs is 1. The Bertz CT molecular complexity index is 952. The van der Waals surface area contributed by atoms with Crippen molar-refractivity contribution in [3.8, 4) is 17.0 Å². The second-order valence-corrected chi connectivity index (χ2v) is 7.39. The highest BCUT2D eigenvalue weighted by molar-refractivity contribution is 6.31. The van der Waals surface area contributed by atoms with Crippen molar-refractivity contribution in [2.24, 2.45) is 5.92 Å². The smallest absolute Gasteiger partial charge is 0.297 e. The van der Waals surface area contributed by atoms with Crippen molar-refractivity contribution in [1.82, 2.24) is 15.3 Å². The van der Waals surface area contributed by atoms with Crippen LogP contribution >= 0.6 is 11.6 Å². The fraction of sp³-hybridized carbons (Fsp3) is 0.368. The zero-order valence-corrected chi connectivity index (χ0v) is 15.6. The SMILES string of the molecule is Cc1cc(Cl)cc(O)c1-c1ccc2oc(NC[C@H]3CNC[C@@H](O)C3)nc2n1. The van der Waals surface area contributed by atoms with Crippen LogP contribution in [0.25, 0.3) is 22.5 Å². The molecule has 0 saturated carbocycles. The molecule has 0 radical (unpaired) electrons. The molecule has 0 bridgehead atoms. The molecule has 8 heteroatoms. The molecule has 1 aliphatic rings. The summed E-state index contributed by atoms with van der Waals surface area (Å²) >= 11 is 5.98. The minimum atomic E-state index is -0.311. The van der Waals surface area contributed by atoms with Gasteiger partial charge < -0.3 is 25.3 Å². The second kappa shape index (κ2) is 7.34. The number of phenolic OH excluding ortho intramolecular Hbond substituents is 1. The normalized spacial score (nSPS) is 20.1. The highest BCUT2D eigenvalue weighted by Gasteiger charge is 2.20. The van der Waals surface area contributed by atoms with Gasteiger partial charge in [-0.2, -0.15) is 4.98 Å². The number of piperidine rings is 1. The van der Waals surface area contributed by atoms with E-state index in [9.17, 15) is 10.2 Å². The average Bonchev–Trinajstić information content (AvgIpc) is 3.01. The molecule has 0 unspecified atom stereocenters. The number of nitrogens with zero attached hydrogens (tertiary/aromatic N) is 2. The molecule has 3 heterocycles. The third-order valence-electron chi connectivity index (χ3n) is 4.75. The van der Waals surface area contributed by atoms with Gasteiger partial charge in [0, 0.05) is 23.7 Å². The van der Waals surface area contributed by atoms with Crippen molar-refractivity contribution in [2.45, 2.75) is 19.4 Å². The summed E-state index contributed by atoms with van der Waals surface area (Å²) in [5, 5.41) is 26.8. The first-order chi connectivity index (χ1) is 13.0. The van der Waals surface area contributed by atoms with Gasteiger partial charge in [-0.15, -0.1) is 0 Å². The minimum Gasteiger partial charge on any atom is -0.507 e. The molecule has 0 amide bonds. The van der Waals surface area contributed by atoms with Crippen LogP contribution < -0.4 is 10.6 Å². The van der Waals surface area contributed by atoms with E-state index >= 15 is 0 Å². The van der Waals surface area contributed by atoms with Crippen LogP contribution in [0.4, 0.5) is 6.01 Å². The summed E-state index contributed by atoms with van der Waals surface area (Å²) in [6, 6.07) is 7.25. The number of oxazole rings is 1. The molecule has 4 rings (SSSR count). The molecule has 1 saturated heterocycles. The topological polar surface area (TPSA) is 103 Å². The van der Waals surface area contributed by atoms with E-state index < -0.39 is 0 Å². The van der Waals surface area contributed by atoms with Gasteiger partial charge >= 0.3 is 0 Å². The number of rotatable bonds is 4. The second-order valence-electron chi connectivity index (χ2n) is 6.95. The van der Waals surface area contributed by atoms with Gasteiger partial charge in [0.2, 0.25) is 5.65 Å². The maximum atomic E-state index is 10.2.